The van der Waals surface area contributed by atoms with E-state index >= 15 is 0 Å². The molecule has 0 bridgehead atoms. The molecule has 0 radical (unpaired) electrons. The first kappa shape index (κ1) is 22.1. The van der Waals surface area contributed by atoms with Crippen LogP contribution in [0.5, 0.6) is 0 Å². The lowest BCUT2D eigenvalue weighted by atomic mass is 9.98. The number of carbonyl (C=O) groups is 3. The number of nitrogens with zero attached hydrogens (tertiary/aromatic N) is 1. The molecule has 2 aromatic rings. The van der Waals surface area contributed by atoms with Gasteiger partial charge >= 0.3 is 0 Å². The molecule has 1 fully saturated rings. The molecule has 1 N–H and O–H groups in total. The van der Waals surface area contributed by atoms with Crippen LogP contribution in [0, 0.1) is 12.8 Å². The molecule has 1 heterocycles. The second-order valence-electron chi connectivity index (χ2n) is 8.68. The Morgan fingerprint density at radius 1 is 1.07 bits per heavy atom. The Bertz CT molecular complexity index is 920. The second kappa shape index (κ2) is 9.04. The van der Waals surface area contributed by atoms with Crippen molar-refractivity contribution in [2.24, 2.45) is 5.92 Å². The molecule has 2 atom stereocenters. The molecule has 6 heteroatoms. The van der Waals surface area contributed by atoms with Gasteiger partial charge in [-0.3, -0.25) is 19.3 Å². The normalized spacial score (nSPS) is 17.5. The van der Waals surface area contributed by atoms with E-state index in [1.165, 1.54) is 11.8 Å². The lowest BCUT2D eigenvalue weighted by molar-refractivity contribution is -0.129. The van der Waals surface area contributed by atoms with E-state index in [1.54, 1.807) is 4.90 Å². The number of carbonyl (C=O) groups excluding carboxylic acids is 3. The van der Waals surface area contributed by atoms with Gasteiger partial charge in [0.05, 0.1) is 5.92 Å². The van der Waals surface area contributed by atoms with Crippen LogP contribution in [0.25, 0.3) is 0 Å². The molecule has 0 aliphatic carbocycles. The van der Waals surface area contributed by atoms with Gasteiger partial charge in [-0.25, -0.2) is 0 Å². The van der Waals surface area contributed by atoms with Gasteiger partial charge in [-0.05, 0) is 45.4 Å². The second-order valence-corrected chi connectivity index (χ2v) is 9.76. The largest absolute Gasteiger partial charge is 0.349 e. The summed E-state index contributed by atoms with van der Waals surface area (Å²) in [4.78, 5) is 40.5. The van der Waals surface area contributed by atoms with Crippen LogP contribution >= 0.6 is 11.8 Å². The summed E-state index contributed by atoms with van der Waals surface area (Å²) >= 11 is 1.19. The van der Waals surface area contributed by atoms with Crippen LogP contribution in [0.2, 0.25) is 0 Å². The number of hydrogen-bond donors (Lipinski definition) is 1. The number of nitrogens with one attached hydrogen (secondary N) is 1. The molecule has 30 heavy (non-hydrogen) atoms. The molecule has 1 aliphatic heterocycles. The van der Waals surface area contributed by atoms with Crippen LogP contribution in [-0.4, -0.2) is 28.2 Å². The number of amides is 2. The number of benzene rings is 2. The molecular formula is C24H28N2O3S. The average Bonchev–Trinajstić information content (AvgIpc) is 3.12. The first-order valence-electron chi connectivity index (χ1n) is 10.1. The number of thioether (sulfide) groups is 1. The lowest BCUT2D eigenvalue weighted by Crippen LogP contribution is -2.50. The Kier molecular flexibility index (Phi) is 6.66. The highest BCUT2D eigenvalue weighted by Crippen LogP contribution is 2.34. The summed E-state index contributed by atoms with van der Waals surface area (Å²) < 4.78 is 0. The minimum atomic E-state index is -0.832. The topological polar surface area (TPSA) is 66.5 Å². The summed E-state index contributed by atoms with van der Waals surface area (Å²) in [7, 11) is 0. The zero-order valence-electron chi connectivity index (χ0n) is 17.8. The maximum atomic E-state index is 13.6. The van der Waals surface area contributed by atoms with E-state index in [0.717, 1.165) is 11.1 Å². The van der Waals surface area contributed by atoms with Gasteiger partial charge in [0.2, 0.25) is 11.8 Å². The van der Waals surface area contributed by atoms with Crippen molar-refractivity contribution < 1.29 is 14.4 Å². The predicted molar refractivity (Wildman–Crippen MR) is 121 cm³/mol. The van der Waals surface area contributed by atoms with Crippen molar-refractivity contribution in [3.8, 4) is 0 Å². The Labute approximate surface area is 182 Å². The highest BCUT2D eigenvalue weighted by molar-refractivity contribution is 8.14. The fourth-order valence-electron chi connectivity index (χ4n) is 3.47. The van der Waals surface area contributed by atoms with Gasteiger partial charge in [0.15, 0.2) is 5.12 Å². The summed E-state index contributed by atoms with van der Waals surface area (Å²) in [5.74, 6) is -0.435. The average molecular weight is 425 g/mol. The van der Waals surface area contributed by atoms with Crippen molar-refractivity contribution in [3.05, 3.63) is 65.7 Å². The van der Waals surface area contributed by atoms with Gasteiger partial charge in [-0.15, -0.1) is 0 Å². The van der Waals surface area contributed by atoms with Crippen molar-refractivity contribution >= 4 is 34.4 Å². The molecule has 1 aliphatic rings. The summed E-state index contributed by atoms with van der Waals surface area (Å²) in [5.41, 5.74) is 1.98. The fraction of sp³-hybridized carbons (Fsp3) is 0.375. The van der Waals surface area contributed by atoms with Gasteiger partial charge in [0, 0.05) is 23.4 Å². The molecular weight excluding hydrogens is 396 g/mol. The van der Waals surface area contributed by atoms with E-state index < -0.39 is 17.5 Å². The summed E-state index contributed by atoms with van der Waals surface area (Å²) in [6, 6.07) is 16.1. The van der Waals surface area contributed by atoms with Gasteiger partial charge in [0.1, 0.15) is 6.04 Å². The van der Waals surface area contributed by atoms with E-state index in [-0.39, 0.29) is 23.4 Å². The minimum absolute atomic E-state index is 0.0209. The number of anilines is 1. The summed E-state index contributed by atoms with van der Waals surface area (Å²) in [5, 5.41) is 3.05. The summed E-state index contributed by atoms with van der Waals surface area (Å²) in [6.45, 7) is 7.72. The predicted octanol–water partition coefficient (Wildman–Crippen LogP) is 4.26. The quantitative estimate of drug-likeness (QED) is 0.779. The van der Waals surface area contributed by atoms with Gasteiger partial charge in [-0.1, -0.05) is 59.8 Å². The zero-order valence-corrected chi connectivity index (χ0v) is 18.7. The Balaban J connectivity index is 2.10. The number of hydrogen-bond acceptors (Lipinski definition) is 4. The first-order valence-corrected chi connectivity index (χ1v) is 11.1. The van der Waals surface area contributed by atoms with Gasteiger partial charge in [-0.2, -0.15) is 0 Å². The third-order valence-corrected chi connectivity index (χ3v) is 5.94. The van der Waals surface area contributed by atoms with Crippen LogP contribution in [0.4, 0.5) is 5.69 Å². The molecule has 2 aromatic carbocycles. The molecule has 0 unspecified atom stereocenters. The third-order valence-electron chi connectivity index (χ3n) is 4.88. The van der Waals surface area contributed by atoms with Crippen LogP contribution < -0.4 is 10.2 Å². The molecule has 0 aromatic heterocycles. The SMILES string of the molecule is Cc1ccc(N(C(=O)[C@H]2CSC(=O)C2)[C@@H](C(=O)NC(C)(C)C)c2ccccc2)cc1. The number of aryl methyl sites for hydroxylation is 1. The zero-order chi connectivity index (χ0) is 21.9. The van der Waals surface area contributed by atoms with E-state index in [9.17, 15) is 14.4 Å². The minimum Gasteiger partial charge on any atom is -0.349 e. The van der Waals surface area contributed by atoms with Crippen molar-refractivity contribution in [3.63, 3.8) is 0 Å². The van der Waals surface area contributed by atoms with Gasteiger partial charge < -0.3 is 5.32 Å². The Morgan fingerprint density at radius 2 is 1.70 bits per heavy atom. The molecule has 3 rings (SSSR count). The van der Waals surface area contributed by atoms with Crippen molar-refractivity contribution in [2.75, 3.05) is 10.7 Å². The van der Waals surface area contributed by atoms with E-state index in [1.807, 2.05) is 82.3 Å². The molecule has 158 valence electrons. The Hall–Kier alpha value is -2.60. The molecule has 5 nitrogen and oxygen atoms in total. The lowest BCUT2D eigenvalue weighted by Gasteiger charge is -2.35. The molecule has 2 amide bonds. The highest BCUT2D eigenvalue weighted by atomic mass is 32.2. The van der Waals surface area contributed by atoms with Crippen LogP contribution in [-0.2, 0) is 14.4 Å². The number of rotatable bonds is 5. The highest BCUT2D eigenvalue weighted by Gasteiger charge is 2.39. The van der Waals surface area contributed by atoms with E-state index in [0.29, 0.717) is 11.4 Å². The standard InChI is InChI=1S/C24H28N2O3S/c1-16-10-12-19(13-11-16)26(23(29)18-14-20(27)30-15-18)21(17-8-6-5-7-9-17)22(28)25-24(2,3)4/h5-13,18,21H,14-15H2,1-4H3,(H,25,28)/t18-,21-/m1/s1. The van der Waals surface area contributed by atoms with Crippen molar-refractivity contribution in [1.29, 1.82) is 0 Å². The molecule has 1 saturated heterocycles. The van der Waals surface area contributed by atoms with E-state index in [4.69, 9.17) is 0 Å². The monoisotopic (exact) mass is 424 g/mol. The fourth-order valence-corrected chi connectivity index (χ4v) is 4.43. The maximum Gasteiger partial charge on any atom is 0.248 e. The molecule has 0 spiro atoms. The van der Waals surface area contributed by atoms with Crippen LogP contribution in [0.3, 0.4) is 0 Å². The first-order chi connectivity index (χ1) is 14.2. The maximum absolute atomic E-state index is 13.6. The third kappa shape index (κ3) is 5.30. The van der Waals surface area contributed by atoms with Crippen molar-refractivity contribution in [1.82, 2.24) is 5.32 Å². The van der Waals surface area contributed by atoms with E-state index in [2.05, 4.69) is 5.32 Å². The van der Waals surface area contributed by atoms with Crippen LogP contribution in [0.15, 0.2) is 54.6 Å². The van der Waals surface area contributed by atoms with Crippen molar-refractivity contribution in [2.45, 2.75) is 45.7 Å². The van der Waals surface area contributed by atoms with Gasteiger partial charge in [0.25, 0.3) is 0 Å². The molecule has 0 saturated carbocycles. The summed E-state index contributed by atoms with van der Waals surface area (Å²) in [6.07, 6.45) is 0.203. The smallest absolute Gasteiger partial charge is 0.248 e. The van der Waals surface area contributed by atoms with Crippen LogP contribution in [0.1, 0.15) is 44.4 Å². The Morgan fingerprint density at radius 3 is 2.23 bits per heavy atom.